The summed E-state index contributed by atoms with van der Waals surface area (Å²) in [6.45, 7) is 6.33. The summed E-state index contributed by atoms with van der Waals surface area (Å²) in [7, 11) is 1.84. The first-order valence-electron chi connectivity index (χ1n) is 7.57. The van der Waals surface area contributed by atoms with Gasteiger partial charge in [0, 0.05) is 13.2 Å². The molecule has 0 bridgehead atoms. The molecule has 1 aliphatic rings. The van der Waals surface area contributed by atoms with Gasteiger partial charge >= 0.3 is 0 Å². The topological polar surface area (TPSA) is 67.2 Å². The maximum atomic E-state index is 12.7. The molecule has 0 radical (unpaired) electrons. The second-order valence-electron chi connectivity index (χ2n) is 5.74. The minimum atomic E-state index is -0.422. The van der Waals surface area contributed by atoms with Gasteiger partial charge in [-0.3, -0.25) is 14.3 Å². The molecule has 2 rings (SSSR count). The standard InChI is InChI=1S/C15H24N4O2/c1-5-10(3)13-15(21)19(12(6-2)14(20)16-13)9-11-7-8-18(4)17-11/h7-8,10,12-13H,5-6,9H2,1-4H3,(H,16,20). The summed E-state index contributed by atoms with van der Waals surface area (Å²) in [6, 6.07) is 1.05. The smallest absolute Gasteiger partial charge is 0.246 e. The van der Waals surface area contributed by atoms with Gasteiger partial charge in [-0.25, -0.2) is 0 Å². The van der Waals surface area contributed by atoms with E-state index in [1.54, 1.807) is 9.58 Å². The van der Waals surface area contributed by atoms with Crippen LogP contribution in [0.2, 0.25) is 0 Å². The van der Waals surface area contributed by atoms with Gasteiger partial charge in [0.2, 0.25) is 11.8 Å². The SMILES string of the molecule is CCC(C)C1NC(=O)C(CC)N(Cc2ccn(C)n2)C1=O. The van der Waals surface area contributed by atoms with Gasteiger partial charge in [-0.15, -0.1) is 0 Å². The molecule has 0 saturated carbocycles. The van der Waals surface area contributed by atoms with Crippen molar-refractivity contribution >= 4 is 11.8 Å². The van der Waals surface area contributed by atoms with E-state index in [2.05, 4.69) is 10.4 Å². The fourth-order valence-electron chi connectivity index (χ4n) is 2.72. The Kier molecular flexibility index (Phi) is 4.65. The van der Waals surface area contributed by atoms with Gasteiger partial charge in [-0.1, -0.05) is 27.2 Å². The molecule has 2 heterocycles. The summed E-state index contributed by atoms with van der Waals surface area (Å²) < 4.78 is 1.71. The number of hydrogen-bond acceptors (Lipinski definition) is 3. The lowest BCUT2D eigenvalue weighted by Crippen LogP contribution is -2.64. The van der Waals surface area contributed by atoms with E-state index in [0.717, 1.165) is 12.1 Å². The summed E-state index contributed by atoms with van der Waals surface area (Å²) in [5, 5.41) is 7.20. The molecule has 1 fully saturated rings. The van der Waals surface area contributed by atoms with E-state index in [4.69, 9.17) is 0 Å². The third kappa shape index (κ3) is 3.09. The lowest BCUT2D eigenvalue weighted by Gasteiger charge is -2.40. The molecule has 21 heavy (non-hydrogen) atoms. The third-order valence-corrected chi connectivity index (χ3v) is 4.23. The molecule has 6 nitrogen and oxygen atoms in total. The van der Waals surface area contributed by atoms with E-state index in [1.807, 2.05) is 40.1 Å². The molecule has 1 aromatic heterocycles. The highest BCUT2D eigenvalue weighted by atomic mass is 16.2. The Labute approximate surface area is 125 Å². The van der Waals surface area contributed by atoms with Gasteiger partial charge in [0.15, 0.2) is 0 Å². The quantitative estimate of drug-likeness (QED) is 0.883. The molecule has 1 aromatic rings. The number of nitrogens with one attached hydrogen (secondary N) is 1. The zero-order chi connectivity index (χ0) is 15.6. The van der Waals surface area contributed by atoms with Gasteiger partial charge in [-0.2, -0.15) is 5.10 Å². The second kappa shape index (κ2) is 6.28. The van der Waals surface area contributed by atoms with Crippen LogP contribution < -0.4 is 5.32 Å². The predicted molar refractivity (Wildman–Crippen MR) is 79.2 cm³/mol. The maximum Gasteiger partial charge on any atom is 0.246 e. The van der Waals surface area contributed by atoms with Gasteiger partial charge in [0.25, 0.3) is 0 Å². The van der Waals surface area contributed by atoms with Crippen LogP contribution in [-0.4, -0.2) is 38.6 Å². The average molecular weight is 292 g/mol. The van der Waals surface area contributed by atoms with Crippen LogP contribution in [0.15, 0.2) is 12.3 Å². The van der Waals surface area contributed by atoms with E-state index in [-0.39, 0.29) is 17.7 Å². The van der Waals surface area contributed by atoms with Crippen molar-refractivity contribution in [1.82, 2.24) is 20.0 Å². The van der Waals surface area contributed by atoms with Crippen molar-refractivity contribution in [2.24, 2.45) is 13.0 Å². The molecule has 0 aliphatic carbocycles. The second-order valence-corrected chi connectivity index (χ2v) is 5.74. The zero-order valence-corrected chi connectivity index (χ0v) is 13.2. The summed E-state index contributed by atoms with van der Waals surface area (Å²) >= 11 is 0. The summed E-state index contributed by atoms with van der Waals surface area (Å²) in [6.07, 6.45) is 3.31. The van der Waals surface area contributed by atoms with E-state index in [9.17, 15) is 9.59 Å². The number of rotatable bonds is 5. The number of piperazine rings is 1. The number of aryl methyl sites for hydroxylation is 1. The van der Waals surface area contributed by atoms with Crippen LogP contribution in [0.3, 0.4) is 0 Å². The Morgan fingerprint density at radius 2 is 2.10 bits per heavy atom. The number of amides is 2. The molecule has 0 aromatic carbocycles. The number of carbonyl (C=O) groups excluding carboxylic acids is 2. The van der Waals surface area contributed by atoms with Crippen LogP contribution in [0.1, 0.15) is 39.3 Å². The molecule has 0 spiro atoms. The van der Waals surface area contributed by atoms with Crippen LogP contribution in [0, 0.1) is 5.92 Å². The molecule has 3 atom stereocenters. The molecule has 1 saturated heterocycles. The minimum Gasteiger partial charge on any atom is -0.342 e. The van der Waals surface area contributed by atoms with Crippen molar-refractivity contribution in [1.29, 1.82) is 0 Å². The third-order valence-electron chi connectivity index (χ3n) is 4.23. The Bertz CT molecular complexity index is 525. The van der Waals surface area contributed by atoms with Crippen LogP contribution in [0.25, 0.3) is 0 Å². The number of hydrogen-bond donors (Lipinski definition) is 1. The predicted octanol–water partition coefficient (Wildman–Crippen LogP) is 1.07. The zero-order valence-electron chi connectivity index (χ0n) is 13.2. The molecule has 2 amide bonds. The fourth-order valence-corrected chi connectivity index (χ4v) is 2.72. The Morgan fingerprint density at radius 1 is 1.38 bits per heavy atom. The Hall–Kier alpha value is -1.85. The largest absolute Gasteiger partial charge is 0.342 e. The maximum absolute atomic E-state index is 12.7. The molecular weight excluding hydrogens is 268 g/mol. The number of nitrogens with zero attached hydrogens (tertiary/aromatic N) is 3. The van der Waals surface area contributed by atoms with Crippen LogP contribution in [-0.2, 0) is 23.2 Å². The summed E-state index contributed by atoms with van der Waals surface area (Å²) in [4.78, 5) is 26.7. The Balaban J connectivity index is 2.24. The van der Waals surface area contributed by atoms with E-state index in [1.165, 1.54) is 0 Å². The minimum absolute atomic E-state index is 0.00135. The number of aromatic nitrogens is 2. The molecule has 3 unspecified atom stereocenters. The van der Waals surface area contributed by atoms with Crippen molar-refractivity contribution in [3.05, 3.63) is 18.0 Å². The van der Waals surface area contributed by atoms with Crippen molar-refractivity contribution in [3.63, 3.8) is 0 Å². The van der Waals surface area contributed by atoms with E-state index >= 15 is 0 Å². The summed E-state index contributed by atoms with van der Waals surface area (Å²) in [5.41, 5.74) is 0.807. The van der Waals surface area contributed by atoms with Crippen LogP contribution in [0.5, 0.6) is 0 Å². The average Bonchev–Trinajstić information content (AvgIpc) is 2.87. The molecule has 6 heteroatoms. The monoisotopic (exact) mass is 292 g/mol. The van der Waals surface area contributed by atoms with Gasteiger partial charge in [-0.05, 0) is 18.4 Å². The van der Waals surface area contributed by atoms with Crippen LogP contribution >= 0.6 is 0 Å². The highest BCUT2D eigenvalue weighted by Crippen LogP contribution is 2.21. The molecule has 1 N–H and O–H groups in total. The van der Waals surface area contributed by atoms with Gasteiger partial charge in [0.05, 0.1) is 12.2 Å². The van der Waals surface area contributed by atoms with Gasteiger partial charge in [0.1, 0.15) is 12.1 Å². The van der Waals surface area contributed by atoms with E-state index in [0.29, 0.717) is 13.0 Å². The number of carbonyl (C=O) groups is 2. The molecule has 1 aliphatic heterocycles. The van der Waals surface area contributed by atoms with Crippen molar-refractivity contribution < 1.29 is 9.59 Å². The van der Waals surface area contributed by atoms with Crippen LogP contribution in [0.4, 0.5) is 0 Å². The highest BCUT2D eigenvalue weighted by molar-refractivity contribution is 5.97. The highest BCUT2D eigenvalue weighted by Gasteiger charge is 2.41. The van der Waals surface area contributed by atoms with Crippen molar-refractivity contribution in [2.75, 3.05) is 0 Å². The lowest BCUT2D eigenvalue weighted by molar-refractivity contribution is -0.151. The molecular formula is C15H24N4O2. The summed E-state index contributed by atoms with van der Waals surface area (Å²) in [5.74, 6) is 0.0743. The first-order valence-corrected chi connectivity index (χ1v) is 7.57. The normalized spacial score (nSPS) is 24.1. The lowest BCUT2D eigenvalue weighted by atomic mass is 9.93. The van der Waals surface area contributed by atoms with Crippen molar-refractivity contribution in [3.8, 4) is 0 Å². The van der Waals surface area contributed by atoms with E-state index < -0.39 is 12.1 Å². The van der Waals surface area contributed by atoms with Crippen molar-refractivity contribution in [2.45, 2.75) is 52.2 Å². The Morgan fingerprint density at radius 3 is 2.62 bits per heavy atom. The molecule has 116 valence electrons. The van der Waals surface area contributed by atoms with Gasteiger partial charge < -0.3 is 10.2 Å². The first-order chi connectivity index (χ1) is 9.97. The fraction of sp³-hybridized carbons (Fsp3) is 0.667. The first kappa shape index (κ1) is 15.5.